The molecular weight excluding hydrogens is 298 g/mol. The fourth-order valence-corrected chi connectivity index (χ4v) is 3.20. The molecule has 0 aliphatic heterocycles. The fraction of sp³-hybridized carbons (Fsp3) is 0.364. The summed E-state index contributed by atoms with van der Waals surface area (Å²) in [4.78, 5) is 23.1. The molecule has 2 aromatic rings. The Morgan fingerprint density at radius 3 is 2.90 bits per heavy atom. The average Bonchev–Trinajstić information content (AvgIpc) is 3.11. The van der Waals surface area contributed by atoms with Gasteiger partial charge in [0.2, 0.25) is 5.82 Å². The third-order valence-electron chi connectivity index (χ3n) is 2.64. The van der Waals surface area contributed by atoms with Crippen molar-refractivity contribution in [1.82, 2.24) is 15.0 Å². The van der Waals surface area contributed by atoms with Crippen LogP contribution in [0.5, 0.6) is 0 Å². The Hall–Kier alpha value is -1.74. The summed E-state index contributed by atoms with van der Waals surface area (Å²) < 4.78 is 0.828. The minimum atomic E-state index is -0.466. The Bertz CT molecular complexity index is 656. The van der Waals surface area contributed by atoms with Crippen molar-refractivity contribution in [3.63, 3.8) is 0 Å². The second kappa shape index (κ2) is 5.33. The van der Waals surface area contributed by atoms with E-state index in [-0.39, 0.29) is 5.69 Å². The summed E-state index contributed by atoms with van der Waals surface area (Å²) in [5.41, 5.74) is 0.854. The molecule has 3 rings (SSSR count). The van der Waals surface area contributed by atoms with E-state index in [0.717, 1.165) is 22.9 Å². The van der Waals surface area contributed by atoms with Gasteiger partial charge in [-0.05, 0) is 31.5 Å². The Morgan fingerprint density at radius 1 is 1.50 bits per heavy atom. The molecule has 0 spiro atoms. The molecule has 0 bridgehead atoms. The Balaban J connectivity index is 1.85. The molecule has 2 aromatic heterocycles. The number of nitrogens with one attached hydrogen (secondary N) is 1. The maximum atomic E-state index is 11.0. The predicted octanol–water partition coefficient (Wildman–Crippen LogP) is 2.88. The van der Waals surface area contributed by atoms with Gasteiger partial charge < -0.3 is 5.32 Å². The zero-order chi connectivity index (χ0) is 14.1. The van der Waals surface area contributed by atoms with Crippen LogP contribution in [-0.4, -0.2) is 25.9 Å². The number of aromatic nitrogens is 3. The van der Waals surface area contributed by atoms with Crippen LogP contribution in [0, 0.1) is 17.0 Å². The predicted molar refractivity (Wildman–Crippen MR) is 76.3 cm³/mol. The number of hydrogen-bond donors (Lipinski definition) is 1. The van der Waals surface area contributed by atoms with E-state index in [1.54, 1.807) is 0 Å². The highest BCUT2D eigenvalue weighted by Crippen LogP contribution is 2.33. The molecular formula is C11H11N5O2S2. The van der Waals surface area contributed by atoms with E-state index in [4.69, 9.17) is 0 Å². The summed E-state index contributed by atoms with van der Waals surface area (Å²) in [6.07, 6.45) is 3.30. The first-order chi connectivity index (χ1) is 9.61. The number of thiazole rings is 1. The summed E-state index contributed by atoms with van der Waals surface area (Å²) in [6.45, 7) is 1.91. The van der Waals surface area contributed by atoms with Crippen molar-refractivity contribution >= 4 is 34.6 Å². The van der Waals surface area contributed by atoms with E-state index in [1.807, 2.05) is 12.3 Å². The van der Waals surface area contributed by atoms with Crippen LogP contribution in [0.25, 0.3) is 0 Å². The van der Waals surface area contributed by atoms with Gasteiger partial charge in [-0.1, -0.05) is 0 Å². The van der Waals surface area contributed by atoms with Gasteiger partial charge in [0, 0.05) is 17.1 Å². The molecule has 104 valence electrons. The SMILES string of the molecule is Cc1csc(Sc2ncc([N+](=O)[O-])c(NC3CC3)n2)n1. The van der Waals surface area contributed by atoms with Gasteiger partial charge in [-0.25, -0.2) is 9.97 Å². The molecule has 0 saturated heterocycles. The first-order valence-corrected chi connectivity index (χ1v) is 7.69. The van der Waals surface area contributed by atoms with Crippen LogP contribution in [0.15, 0.2) is 21.1 Å². The molecule has 1 aliphatic rings. The molecule has 1 fully saturated rings. The van der Waals surface area contributed by atoms with Gasteiger partial charge in [-0.2, -0.15) is 4.98 Å². The molecule has 1 N–H and O–H groups in total. The minimum Gasteiger partial charge on any atom is -0.361 e. The first kappa shape index (κ1) is 13.3. The van der Waals surface area contributed by atoms with Gasteiger partial charge in [-0.15, -0.1) is 11.3 Å². The number of hydrogen-bond acceptors (Lipinski definition) is 8. The normalized spacial score (nSPS) is 14.2. The smallest absolute Gasteiger partial charge is 0.329 e. The van der Waals surface area contributed by atoms with Crippen LogP contribution in [0.1, 0.15) is 18.5 Å². The highest BCUT2D eigenvalue weighted by Gasteiger charge is 2.26. The molecule has 0 atom stereocenters. The van der Waals surface area contributed by atoms with Crippen LogP contribution >= 0.6 is 23.1 Å². The summed E-state index contributed by atoms with van der Waals surface area (Å²) in [6, 6.07) is 0.295. The highest BCUT2D eigenvalue weighted by molar-refractivity contribution is 8.00. The van der Waals surface area contributed by atoms with Crippen LogP contribution in [0.3, 0.4) is 0 Å². The molecule has 2 heterocycles. The second-order valence-electron chi connectivity index (χ2n) is 4.42. The minimum absolute atomic E-state index is 0.0865. The average molecular weight is 309 g/mol. The van der Waals surface area contributed by atoms with Gasteiger partial charge in [0.05, 0.1) is 4.92 Å². The van der Waals surface area contributed by atoms with Crippen molar-refractivity contribution in [1.29, 1.82) is 0 Å². The van der Waals surface area contributed by atoms with Crippen LogP contribution < -0.4 is 5.32 Å². The quantitative estimate of drug-likeness (QED) is 0.515. The summed E-state index contributed by atoms with van der Waals surface area (Å²) in [5.74, 6) is 0.295. The molecule has 9 heteroatoms. The van der Waals surface area contributed by atoms with Gasteiger partial charge in [0.1, 0.15) is 6.20 Å². The van der Waals surface area contributed by atoms with Gasteiger partial charge in [-0.3, -0.25) is 10.1 Å². The van der Waals surface area contributed by atoms with Crippen molar-refractivity contribution in [2.75, 3.05) is 5.32 Å². The van der Waals surface area contributed by atoms with E-state index in [2.05, 4.69) is 20.3 Å². The molecule has 7 nitrogen and oxygen atoms in total. The van der Waals surface area contributed by atoms with Crippen molar-refractivity contribution in [2.45, 2.75) is 35.3 Å². The lowest BCUT2D eigenvalue weighted by atomic mass is 10.4. The molecule has 0 radical (unpaired) electrons. The summed E-state index contributed by atoms with van der Waals surface area (Å²) in [5, 5.41) is 16.4. The van der Waals surface area contributed by atoms with E-state index in [0.29, 0.717) is 17.0 Å². The number of rotatable bonds is 5. The third kappa shape index (κ3) is 3.05. The molecule has 0 aromatic carbocycles. The summed E-state index contributed by atoms with van der Waals surface area (Å²) in [7, 11) is 0. The van der Waals surface area contributed by atoms with Gasteiger partial charge in [0.15, 0.2) is 9.50 Å². The van der Waals surface area contributed by atoms with E-state index in [1.165, 1.54) is 29.3 Å². The van der Waals surface area contributed by atoms with Crippen molar-refractivity contribution in [3.05, 3.63) is 27.4 Å². The lowest BCUT2D eigenvalue weighted by Gasteiger charge is -2.05. The number of aryl methyl sites for hydroxylation is 1. The molecule has 1 saturated carbocycles. The standard InChI is InChI=1S/C11H11N5O2S2/c1-6-5-19-11(13-6)20-10-12-4-8(16(17)18)9(15-10)14-7-2-3-7/h4-5,7H,2-3H2,1H3,(H,12,14,15). The molecule has 0 unspecified atom stereocenters. The van der Waals surface area contributed by atoms with E-state index >= 15 is 0 Å². The monoisotopic (exact) mass is 309 g/mol. The molecule has 20 heavy (non-hydrogen) atoms. The van der Waals surface area contributed by atoms with Crippen molar-refractivity contribution in [3.8, 4) is 0 Å². The molecule has 1 aliphatic carbocycles. The zero-order valence-corrected chi connectivity index (χ0v) is 12.2. The third-order valence-corrected chi connectivity index (χ3v) is 4.57. The van der Waals surface area contributed by atoms with Crippen LogP contribution in [0.2, 0.25) is 0 Å². The maximum Gasteiger partial charge on any atom is 0.329 e. The first-order valence-electron chi connectivity index (χ1n) is 6.00. The largest absolute Gasteiger partial charge is 0.361 e. The van der Waals surface area contributed by atoms with Crippen LogP contribution in [-0.2, 0) is 0 Å². The van der Waals surface area contributed by atoms with Gasteiger partial charge >= 0.3 is 5.69 Å². The number of nitrogens with zero attached hydrogens (tertiary/aromatic N) is 4. The van der Waals surface area contributed by atoms with Gasteiger partial charge in [0.25, 0.3) is 0 Å². The maximum absolute atomic E-state index is 11.0. The van der Waals surface area contributed by atoms with Crippen molar-refractivity contribution < 1.29 is 4.92 Å². The second-order valence-corrected chi connectivity index (χ2v) is 6.49. The van der Waals surface area contributed by atoms with E-state index in [9.17, 15) is 10.1 Å². The lowest BCUT2D eigenvalue weighted by Crippen LogP contribution is -2.07. The zero-order valence-electron chi connectivity index (χ0n) is 10.6. The Kier molecular flexibility index (Phi) is 3.53. The Morgan fingerprint density at radius 2 is 2.30 bits per heavy atom. The number of anilines is 1. The summed E-state index contributed by atoms with van der Waals surface area (Å²) >= 11 is 2.82. The Labute approximate surface area is 123 Å². The topological polar surface area (TPSA) is 93.8 Å². The fourth-order valence-electron chi connectivity index (χ4n) is 1.53. The van der Waals surface area contributed by atoms with E-state index < -0.39 is 4.92 Å². The lowest BCUT2D eigenvalue weighted by molar-refractivity contribution is -0.384. The van der Waals surface area contributed by atoms with Crippen LogP contribution in [0.4, 0.5) is 11.5 Å². The highest BCUT2D eigenvalue weighted by atomic mass is 32.2. The molecule has 0 amide bonds. The number of nitro groups is 1. The van der Waals surface area contributed by atoms with Crippen molar-refractivity contribution in [2.24, 2.45) is 0 Å².